The fourth-order valence-electron chi connectivity index (χ4n) is 4.38. The quantitative estimate of drug-likeness (QED) is 0.350. The molecule has 4 aromatic rings. The summed E-state index contributed by atoms with van der Waals surface area (Å²) >= 11 is 0. The highest BCUT2D eigenvalue weighted by atomic mass is 16.5. The minimum absolute atomic E-state index is 0.0482. The van der Waals surface area contributed by atoms with E-state index in [-0.39, 0.29) is 5.91 Å². The number of benzene rings is 2. The number of nitrogens with one attached hydrogen (secondary N) is 2. The molecule has 37 heavy (non-hydrogen) atoms. The van der Waals surface area contributed by atoms with E-state index in [1.165, 1.54) is 5.57 Å². The number of ether oxygens (including phenoxy) is 1. The van der Waals surface area contributed by atoms with Crippen molar-refractivity contribution < 1.29 is 9.53 Å². The molecule has 0 bridgehead atoms. The maximum Gasteiger partial charge on any atom is 0.227 e. The van der Waals surface area contributed by atoms with Crippen LogP contribution in [0.5, 0.6) is 5.75 Å². The topological polar surface area (TPSA) is 92.3 Å². The lowest BCUT2D eigenvalue weighted by molar-refractivity contribution is -0.115. The normalized spacial score (nSPS) is 13.8. The molecular weight excluding hydrogens is 464 g/mol. The van der Waals surface area contributed by atoms with Crippen molar-refractivity contribution in [3.8, 4) is 17.0 Å². The van der Waals surface area contributed by atoms with Gasteiger partial charge in [0, 0.05) is 48.4 Å². The van der Waals surface area contributed by atoms with Gasteiger partial charge in [-0.3, -0.25) is 9.78 Å². The third-order valence-corrected chi connectivity index (χ3v) is 6.48. The van der Waals surface area contributed by atoms with E-state index in [0.717, 1.165) is 52.9 Å². The van der Waals surface area contributed by atoms with Crippen LogP contribution in [0.2, 0.25) is 0 Å². The van der Waals surface area contributed by atoms with Gasteiger partial charge in [-0.15, -0.1) is 0 Å². The number of fused-ring (bicyclic) bond motifs is 1. The number of aromatic nitrogens is 3. The van der Waals surface area contributed by atoms with E-state index in [0.29, 0.717) is 23.8 Å². The molecule has 2 aromatic heterocycles. The highest BCUT2D eigenvalue weighted by Gasteiger charge is 2.19. The number of likely N-dealkylation sites (N-methyl/N-ethyl adjacent to an activating group) is 1. The molecule has 0 unspecified atom stereocenters. The van der Waals surface area contributed by atoms with E-state index in [4.69, 9.17) is 9.72 Å². The van der Waals surface area contributed by atoms with Crippen LogP contribution in [0.15, 0.2) is 67.0 Å². The monoisotopic (exact) mass is 494 g/mol. The third-order valence-electron chi connectivity index (χ3n) is 6.48. The van der Waals surface area contributed by atoms with Crippen LogP contribution >= 0.6 is 0 Å². The Morgan fingerprint density at radius 2 is 1.97 bits per heavy atom. The average Bonchev–Trinajstić information content (AvgIpc) is 2.93. The third kappa shape index (κ3) is 5.44. The van der Waals surface area contributed by atoms with E-state index in [1.807, 2.05) is 55.6 Å². The van der Waals surface area contributed by atoms with Crippen molar-refractivity contribution in [3.63, 3.8) is 0 Å². The molecule has 1 amide bonds. The Morgan fingerprint density at radius 1 is 1.11 bits per heavy atom. The summed E-state index contributed by atoms with van der Waals surface area (Å²) in [5.41, 5.74) is 6.15. The molecule has 8 heteroatoms. The molecular formula is C29H30N6O2. The van der Waals surface area contributed by atoms with Gasteiger partial charge < -0.3 is 20.3 Å². The lowest BCUT2D eigenvalue weighted by atomic mass is 9.96. The fraction of sp³-hybridized carbons (Fsp3) is 0.241. The number of methoxy groups -OCH3 is 1. The first-order chi connectivity index (χ1) is 18.0. The van der Waals surface area contributed by atoms with Gasteiger partial charge in [0.1, 0.15) is 5.75 Å². The summed E-state index contributed by atoms with van der Waals surface area (Å²) in [6.07, 6.45) is 7.02. The van der Waals surface area contributed by atoms with Gasteiger partial charge in [-0.1, -0.05) is 31.2 Å². The maximum atomic E-state index is 12.4. The minimum Gasteiger partial charge on any atom is -0.495 e. The summed E-state index contributed by atoms with van der Waals surface area (Å²) in [5.74, 6) is 1.02. The van der Waals surface area contributed by atoms with Gasteiger partial charge in [-0.05, 0) is 49.4 Å². The Morgan fingerprint density at radius 3 is 2.76 bits per heavy atom. The molecule has 188 valence electrons. The lowest BCUT2D eigenvalue weighted by Crippen LogP contribution is -2.24. The van der Waals surface area contributed by atoms with Crippen LogP contribution in [0.1, 0.15) is 25.3 Å². The number of hydrogen-bond acceptors (Lipinski definition) is 7. The Hall–Kier alpha value is -4.30. The summed E-state index contributed by atoms with van der Waals surface area (Å²) < 4.78 is 5.74. The molecule has 2 aromatic carbocycles. The molecule has 0 spiro atoms. The predicted octanol–water partition coefficient (Wildman–Crippen LogP) is 5.51. The van der Waals surface area contributed by atoms with Crippen molar-refractivity contribution in [3.05, 3.63) is 72.6 Å². The zero-order valence-electron chi connectivity index (χ0n) is 21.3. The number of pyridine rings is 1. The predicted molar refractivity (Wildman–Crippen MR) is 148 cm³/mol. The first-order valence-corrected chi connectivity index (χ1v) is 12.4. The molecule has 0 radical (unpaired) electrons. The molecule has 0 atom stereocenters. The summed E-state index contributed by atoms with van der Waals surface area (Å²) in [5, 5.41) is 7.40. The number of para-hydroxylation sites is 1. The van der Waals surface area contributed by atoms with Gasteiger partial charge in [-0.2, -0.15) is 0 Å². The molecule has 8 nitrogen and oxygen atoms in total. The number of hydrogen-bond donors (Lipinski definition) is 2. The first kappa shape index (κ1) is 24.4. The van der Waals surface area contributed by atoms with Crippen LogP contribution < -0.4 is 15.4 Å². The van der Waals surface area contributed by atoms with Crippen LogP contribution in [0.3, 0.4) is 0 Å². The number of carbonyl (C=O) groups excluding carboxylic acids is 1. The van der Waals surface area contributed by atoms with Crippen molar-refractivity contribution in [2.45, 2.75) is 19.8 Å². The van der Waals surface area contributed by atoms with Crippen LogP contribution in [0.4, 0.5) is 17.3 Å². The van der Waals surface area contributed by atoms with Crippen molar-refractivity contribution >= 4 is 39.7 Å². The van der Waals surface area contributed by atoms with Crippen molar-refractivity contribution in [2.24, 2.45) is 0 Å². The summed E-state index contributed by atoms with van der Waals surface area (Å²) in [6, 6.07) is 15.8. The van der Waals surface area contributed by atoms with Gasteiger partial charge >= 0.3 is 0 Å². The van der Waals surface area contributed by atoms with Crippen molar-refractivity contribution in [2.75, 3.05) is 37.9 Å². The number of carbonyl (C=O) groups is 1. The summed E-state index contributed by atoms with van der Waals surface area (Å²) in [6.45, 7) is 3.66. The summed E-state index contributed by atoms with van der Waals surface area (Å²) in [4.78, 5) is 28.3. The molecule has 1 aliphatic heterocycles. The highest BCUT2D eigenvalue weighted by Crippen LogP contribution is 2.38. The summed E-state index contributed by atoms with van der Waals surface area (Å²) in [7, 11) is 3.73. The van der Waals surface area contributed by atoms with Gasteiger partial charge in [0.15, 0.2) is 0 Å². The van der Waals surface area contributed by atoms with E-state index >= 15 is 0 Å². The van der Waals surface area contributed by atoms with Crippen LogP contribution in [0, 0.1) is 0 Å². The lowest BCUT2D eigenvalue weighted by Gasteiger charge is -2.24. The van der Waals surface area contributed by atoms with E-state index in [2.05, 4.69) is 44.7 Å². The van der Waals surface area contributed by atoms with Crippen molar-refractivity contribution in [1.82, 2.24) is 19.9 Å². The minimum atomic E-state index is -0.0482. The number of amides is 1. The zero-order chi connectivity index (χ0) is 25.8. The molecule has 5 rings (SSSR count). The zero-order valence-corrected chi connectivity index (χ0v) is 21.3. The first-order valence-electron chi connectivity index (χ1n) is 12.4. The van der Waals surface area contributed by atoms with E-state index < -0.39 is 0 Å². The maximum absolute atomic E-state index is 12.4. The van der Waals surface area contributed by atoms with E-state index in [9.17, 15) is 4.79 Å². The average molecular weight is 495 g/mol. The van der Waals surface area contributed by atoms with Gasteiger partial charge in [0.2, 0.25) is 11.9 Å². The number of anilines is 3. The van der Waals surface area contributed by atoms with Gasteiger partial charge in [-0.25, -0.2) is 9.97 Å². The standard InChI is InChI=1S/C29H30N6O2/c1-4-28(36)32-25-17-26(27(37-3)16-22(25)19-10-13-35(2)14-11-19)34-29-30-12-9-24(33-29)21-15-20-7-5-6-8-23(20)31-18-21/h5-10,12,15-18H,4,11,13-14H2,1-3H3,(H,32,36)(H,30,33,34). The fourth-order valence-corrected chi connectivity index (χ4v) is 4.38. The smallest absolute Gasteiger partial charge is 0.227 e. The molecule has 2 N–H and O–H groups in total. The highest BCUT2D eigenvalue weighted by molar-refractivity contribution is 5.96. The second kappa shape index (κ2) is 10.8. The number of rotatable bonds is 7. The molecule has 0 fully saturated rings. The second-order valence-electron chi connectivity index (χ2n) is 9.05. The largest absolute Gasteiger partial charge is 0.495 e. The molecule has 1 aliphatic rings. The van der Waals surface area contributed by atoms with Crippen molar-refractivity contribution in [1.29, 1.82) is 0 Å². The van der Waals surface area contributed by atoms with Gasteiger partial charge in [0.25, 0.3) is 0 Å². The number of nitrogens with zero attached hydrogens (tertiary/aromatic N) is 4. The van der Waals surface area contributed by atoms with Crippen LogP contribution in [-0.4, -0.2) is 53.0 Å². The second-order valence-corrected chi connectivity index (χ2v) is 9.05. The van der Waals surface area contributed by atoms with Crippen LogP contribution in [-0.2, 0) is 4.79 Å². The van der Waals surface area contributed by atoms with Crippen LogP contribution in [0.25, 0.3) is 27.7 Å². The molecule has 0 saturated carbocycles. The molecule has 0 saturated heterocycles. The Labute approximate surface area is 216 Å². The Kier molecular flexibility index (Phi) is 7.09. The SMILES string of the molecule is CCC(=O)Nc1cc(Nc2nccc(-c3cnc4ccccc4c3)n2)c(OC)cc1C1=CCN(C)CC1. The van der Waals surface area contributed by atoms with Gasteiger partial charge in [0.05, 0.1) is 29.7 Å². The van der Waals surface area contributed by atoms with E-state index in [1.54, 1.807) is 13.3 Å². The Balaban J connectivity index is 1.50. The molecule has 3 heterocycles. The Bertz CT molecular complexity index is 1480. The molecule has 0 aliphatic carbocycles.